The Hall–Kier alpha value is -1.80. The topological polar surface area (TPSA) is 95.9 Å². The number of benzene rings is 1. The van der Waals surface area contributed by atoms with Crippen molar-refractivity contribution in [2.45, 2.75) is 25.4 Å². The number of hydrogen-bond donors (Lipinski definition) is 2. The van der Waals surface area contributed by atoms with E-state index in [2.05, 4.69) is 0 Å². The van der Waals surface area contributed by atoms with Gasteiger partial charge in [-0.2, -0.15) is 8.42 Å². The van der Waals surface area contributed by atoms with Crippen molar-refractivity contribution in [3.63, 3.8) is 0 Å². The second kappa shape index (κ2) is 4.88. The summed E-state index contributed by atoms with van der Waals surface area (Å²) >= 11 is 0. The number of fused-ring (bicyclic) bond motifs is 1. The maximum atomic E-state index is 11.9. The molecule has 0 saturated carbocycles. The number of carbonyl (C=O) groups excluding carboxylic acids is 1. The molecule has 21 heavy (non-hydrogen) atoms. The fraction of sp³-hybridized carbons (Fsp3) is 0.462. The summed E-state index contributed by atoms with van der Waals surface area (Å²) in [4.78, 5) is 11.3. The Morgan fingerprint density at radius 3 is 2.76 bits per heavy atom. The van der Waals surface area contributed by atoms with Crippen molar-refractivity contribution in [1.82, 2.24) is 4.72 Å². The smallest absolute Gasteiger partial charge is 0.326 e. The highest BCUT2D eigenvalue weighted by Crippen LogP contribution is 2.36. The van der Waals surface area contributed by atoms with Crippen LogP contribution >= 0.6 is 0 Å². The van der Waals surface area contributed by atoms with Gasteiger partial charge in [0.1, 0.15) is 12.3 Å². The molecule has 1 heterocycles. The minimum Gasteiger partial charge on any atom is -0.506 e. The van der Waals surface area contributed by atoms with E-state index >= 15 is 0 Å². The second-order valence-corrected chi connectivity index (χ2v) is 6.84. The Bertz CT molecular complexity index is 701. The zero-order valence-electron chi connectivity index (χ0n) is 11.5. The molecule has 114 valence electrons. The standard InChI is InChI=1S/C13H16N2O5S/c1-20-10-3-2-8-5-11(12(16)6-9(8)4-10)15-7-13(17)14-21(15,18)19/h5-6,10,16H,2-4,7H2,1H3,(H,14,17). The molecule has 3 rings (SSSR count). The third kappa shape index (κ3) is 2.44. The largest absolute Gasteiger partial charge is 0.506 e. The average molecular weight is 312 g/mol. The van der Waals surface area contributed by atoms with Crippen LogP contribution in [-0.4, -0.2) is 39.2 Å². The van der Waals surface area contributed by atoms with Crippen molar-refractivity contribution in [2.24, 2.45) is 0 Å². The predicted molar refractivity (Wildman–Crippen MR) is 75.3 cm³/mol. The number of phenols is 1. The predicted octanol–water partition coefficient (Wildman–Crippen LogP) is 0.0769. The first-order valence-electron chi connectivity index (χ1n) is 6.61. The number of hydrogen-bond acceptors (Lipinski definition) is 5. The van der Waals surface area contributed by atoms with Crippen LogP contribution < -0.4 is 9.03 Å². The van der Waals surface area contributed by atoms with Crippen LogP contribution in [0, 0.1) is 0 Å². The number of rotatable bonds is 2. The molecular formula is C13H16N2O5S. The monoisotopic (exact) mass is 312 g/mol. The molecular weight excluding hydrogens is 296 g/mol. The van der Waals surface area contributed by atoms with Crippen molar-refractivity contribution in [2.75, 3.05) is 18.0 Å². The van der Waals surface area contributed by atoms with Gasteiger partial charge in [0, 0.05) is 7.11 Å². The van der Waals surface area contributed by atoms with Crippen molar-refractivity contribution in [1.29, 1.82) is 0 Å². The van der Waals surface area contributed by atoms with Crippen LogP contribution in [0.25, 0.3) is 0 Å². The maximum Gasteiger partial charge on any atom is 0.326 e. The van der Waals surface area contributed by atoms with Crippen molar-refractivity contribution >= 4 is 21.8 Å². The molecule has 1 aliphatic heterocycles. The number of amides is 1. The quantitative estimate of drug-likeness (QED) is 0.806. The maximum absolute atomic E-state index is 11.9. The van der Waals surface area contributed by atoms with Crippen LogP contribution in [0.3, 0.4) is 0 Å². The van der Waals surface area contributed by atoms with Crippen LogP contribution in [0.15, 0.2) is 12.1 Å². The Kier molecular flexibility index (Phi) is 3.29. The Morgan fingerprint density at radius 1 is 1.38 bits per heavy atom. The summed E-state index contributed by atoms with van der Waals surface area (Å²) in [5, 5.41) is 10.1. The van der Waals surface area contributed by atoms with E-state index in [-0.39, 0.29) is 24.1 Å². The number of carbonyl (C=O) groups is 1. The molecule has 0 bridgehead atoms. The van der Waals surface area contributed by atoms with Crippen molar-refractivity contribution in [3.8, 4) is 5.75 Å². The molecule has 1 fully saturated rings. The van der Waals surface area contributed by atoms with E-state index in [0.717, 1.165) is 28.3 Å². The lowest BCUT2D eigenvalue weighted by atomic mass is 9.89. The normalized spacial score (nSPS) is 23.8. The zero-order valence-corrected chi connectivity index (χ0v) is 12.3. The average Bonchev–Trinajstić information content (AvgIpc) is 2.70. The highest BCUT2D eigenvalue weighted by Gasteiger charge is 2.36. The molecule has 0 spiro atoms. The fourth-order valence-corrected chi connectivity index (χ4v) is 3.97. The molecule has 0 aromatic heterocycles. The first-order valence-corrected chi connectivity index (χ1v) is 8.05. The Balaban J connectivity index is 2.00. The number of nitrogens with one attached hydrogen (secondary N) is 1. The molecule has 1 saturated heterocycles. The molecule has 1 aromatic carbocycles. The van der Waals surface area contributed by atoms with Gasteiger partial charge in [-0.15, -0.1) is 0 Å². The first kappa shape index (κ1) is 14.2. The summed E-state index contributed by atoms with van der Waals surface area (Å²) < 4.78 is 31.8. The van der Waals surface area contributed by atoms with E-state index in [0.29, 0.717) is 6.42 Å². The highest BCUT2D eigenvalue weighted by molar-refractivity contribution is 7.92. The number of nitrogens with zero attached hydrogens (tertiary/aromatic N) is 1. The summed E-state index contributed by atoms with van der Waals surface area (Å²) in [7, 11) is -2.25. The van der Waals surface area contributed by atoms with Gasteiger partial charge in [0.2, 0.25) is 0 Å². The third-order valence-corrected chi connectivity index (χ3v) is 5.29. The molecule has 2 aliphatic rings. The number of phenolic OH excluding ortho intramolecular Hbond substituents is 1. The van der Waals surface area contributed by atoms with Gasteiger partial charge in [-0.05, 0) is 42.5 Å². The summed E-state index contributed by atoms with van der Waals surface area (Å²) in [6.07, 6.45) is 2.39. The molecule has 1 amide bonds. The third-order valence-electron chi connectivity index (χ3n) is 3.90. The molecule has 1 aliphatic carbocycles. The molecule has 8 heteroatoms. The van der Waals surface area contributed by atoms with Gasteiger partial charge in [-0.25, -0.2) is 9.03 Å². The number of anilines is 1. The lowest BCUT2D eigenvalue weighted by Crippen LogP contribution is -2.30. The molecule has 2 N–H and O–H groups in total. The van der Waals surface area contributed by atoms with Gasteiger partial charge < -0.3 is 9.84 Å². The minimum atomic E-state index is -3.90. The molecule has 1 unspecified atom stereocenters. The summed E-state index contributed by atoms with van der Waals surface area (Å²) in [5.41, 5.74) is 2.07. The molecule has 0 radical (unpaired) electrons. The number of methoxy groups -OCH3 is 1. The van der Waals surface area contributed by atoms with Crippen LogP contribution in [0.2, 0.25) is 0 Å². The van der Waals surface area contributed by atoms with Crippen LogP contribution in [0.5, 0.6) is 5.75 Å². The molecule has 7 nitrogen and oxygen atoms in total. The second-order valence-electron chi connectivity index (χ2n) is 5.25. The summed E-state index contributed by atoms with van der Waals surface area (Å²) in [5.74, 6) is -0.753. The van der Waals surface area contributed by atoms with Gasteiger partial charge in [0.05, 0.1) is 11.8 Å². The van der Waals surface area contributed by atoms with Crippen molar-refractivity contribution in [3.05, 3.63) is 23.3 Å². The SMILES string of the molecule is COC1CCc2cc(N3CC(=O)NS3(=O)=O)c(O)cc2C1. The number of aromatic hydroxyl groups is 1. The van der Waals surface area contributed by atoms with Gasteiger partial charge >= 0.3 is 10.2 Å². The van der Waals surface area contributed by atoms with Crippen LogP contribution in [0.4, 0.5) is 5.69 Å². The van der Waals surface area contributed by atoms with Gasteiger partial charge in [-0.3, -0.25) is 4.79 Å². The van der Waals surface area contributed by atoms with E-state index in [1.54, 1.807) is 19.2 Å². The van der Waals surface area contributed by atoms with Crippen LogP contribution in [-0.2, 0) is 32.6 Å². The molecule has 1 aromatic rings. The van der Waals surface area contributed by atoms with E-state index < -0.39 is 16.1 Å². The zero-order chi connectivity index (χ0) is 15.2. The lowest BCUT2D eigenvalue weighted by Gasteiger charge is -2.26. The van der Waals surface area contributed by atoms with Gasteiger partial charge in [0.15, 0.2) is 0 Å². The van der Waals surface area contributed by atoms with Gasteiger partial charge in [-0.1, -0.05) is 0 Å². The molecule has 1 atom stereocenters. The Morgan fingerprint density at radius 2 is 2.14 bits per heavy atom. The van der Waals surface area contributed by atoms with Gasteiger partial charge in [0.25, 0.3) is 5.91 Å². The van der Waals surface area contributed by atoms with E-state index in [9.17, 15) is 18.3 Å². The fourth-order valence-electron chi connectivity index (χ4n) is 2.81. The highest BCUT2D eigenvalue weighted by atomic mass is 32.2. The van der Waals surface area contributed by atoms with Crippen molar-refractivity contribution < 1.29 is 23.1 Å². The summed E-state index contributed by atoms with van der Waals surface area (Å²) in [6.45, 7) is -0.310. The summed E-state index contributed by atoms with van der Waals surface area (Å²) in [6, 6.07) is 3.21. The van der Waals surface area contributed by atoms with E-state index in [1.165, 1.54) is 0 Å². The minimum absolute atomic E-state index is 0.113. The van der Waals surface area contributed by atoms with Crippen LogP contribution in [0.1, 0.15) is 17.5 Å². The Labute approximate surface area is 122 Å². The first-order chi connectivity index (χ1) is 9.90. The number of ether oxygens (including phenoxy) is 1. The lowest BCUT2D eigenvalue weighted by molar-refractivity contribution is -0.117. The van der Waals surface area contributed by atoms with E-state index in [4.69, 9.17) is 4.74 Å². The van der Waals surface area contributed by atoms with E-state index in [1.807, 2.05) is 4.72 Å². The number of aryl methyl sites for hydroxylation is 1.